The highest BCUT2D eigenvalue weighted by Crippen LogP contribution is 2.26. The van der Waals surface area contributed by atoms with Gasteiger partial charge in [0.25, 0.3) is 0 Å². The molecule has 0 bridgehead atoms. The molecular weight excluding hydrogens is 280 g/mol. The molecule has 1 aromatic carbocycles. The van der Waals surface area contributed by atoms with E-state index in [0.29, 0.717) is 17.4 Å². The van der Waals surface area contributed by atoms with Gasteiger partial charge in [0, 0.05) is 12.6 Å². The van der Waals surface area contributed by atoms with Gasteiger partial charge in [0.1, 0.15) is 5.75 Å². The lowest BCUT2D eigenvalue weighted by Gasteiger charge is -2.28. The molecule has 1 aliphatic carbocycles. The summed E-state index contributed by atoms with van der Waals surface area (Å²) in [5.41, 5.74) is 0.678. The van der Waals surface area contributed by atoms with Crippen LogP contribution in [0.3, 0.4) is 0 Å². The summed E-state index contributed by atoms with van der Waals surface area (Å²) in [6, 6.07) is 7.42. The van der Waals surface area contributed by atoms with Crippen LogP contribution < -0.4 is 15.4 Å². The van der Waals surface area contributed by atoms with Crippen molar-refractivity contribution in [2.45, 2.75) is 51.7 Å². The van der Waals surface area contributed by atoms with Crippen molar-refractivity contribution in [2.75, 3.05) is 11.9 Å². The summed E-state index contributed by atoms with van der Waals surface area (Å²) in [6.45, 7) is 4.16. The van der Waals surface area contributed by atoms with Crippen molar-refractivity contribution < 1.29 is 14.6 Å². The average molecular weight is 306 g/mol. The topological polar surface area (TPSA) is 70.6 Å². The van der Waals surface area contributed by atoms with Crippen molar-refractivity contribution in [3.05, 3.63) is 24.3 Å². The van der Waals surface area contributed by atoms with Crippen molar-refractivity contribution >= 4 is 11.7 Å². The molecule has 1 aliphatic rings. The maximum atomic E-state index is 12.1. The van der Waals surface area contributed by atoms with Crippen LogP contribution >= 0.6 is 0 Å². The van der Waals surface area contributed by atoms with Crippen molar-refractivity contribution in [3.8, 4) is 5.75 Å². The van der Waals surface area contributed by atoms with E-state index in [1.54, 1.807) is 0 Å². The molecule has 2 rings (SSSR count). The molecule has 5 heteroatoms. The number of hydrogen-bond acceptors (Lipinski definition) is 3. The Morgan fingerprint density at radius 1 is 1.27 bits per heavy atom. The first-order valence-corrected chi connectivity index (χ1v) is 8.02. The number of carbonyl (C=O) groups excluding carboxylic acids is 1. The number of urea groups is 1. The minimum Gasteiger partial charge on any atom is -0.489 e. The van der Waals surface area contributed by atoms with Gasteiger partial charge in [-0.1, -0.05) is 12.1 Å². The van der Waals surface area contributed by atoms with E-state index in [-0.39, 0.29) is 24.8 Å². The fraction of sp³-hybridized carbons (Fsp3) is 0.588. The number of benzene rings is 1. The Labute approximate surface area is 132 Å². The number of amides is 2. The zero-order chi connectivity index (χ0) is 15.9. The van der Waals surface area contributed by atoms with Gasteiger partial charge in [0.15, 0.2) is 0 Å². The van der Waals surface area contributed by atoms with Crippen LogP contribution in [0, 0.1) is 5.92 Å². The van der Waals surface area contributed by atoms with Crippen molar-refractivity contribution in [1.82, 2.24) is 5.32 Å². The molecule has 1 saturated carbocycles. The summed E-state index contributed by atoms with van der Waals surface area (Å²) in [4.78, 5) is 12.1. The van der Waals surface area contributed by atoms with Crippen LogP contribution in [0.2, 0.25) is 0 Å². The third-order valence-electron chi connectivity index (χ3n) is 3.94. The van der Waals surface area contributed by atoms with Crippen LogP contribution in [0.5, 0.6) is 5.75 Å². The second-order valence-electron chi connectivity index (χ2n) is 6.16. The summed E-state index contributed by atoms with van der Waals surface area (Å²) in [5.74, 6) is 1.07. The van der Waals surface area contributed by atoms with Gasteiger partial charge in [-0.2, -0.15) is 0 Å². The lowest BCUT2D eigenvalue weighted by atomic mass is 9.87. The molecule has 1 fully saturated rings. The Bertz CT molecular complexity index is 483. The van der Waals surface area contributed by atoms with Crippen molar-refractivity contribution in [2.24, 2.45) is 5.92 Å². The van der Waals surface area contributed by atoms with Gasteiger partial charge < -0.3 is 20.5 Å². The molecule has 0 radical (unpaired) electrons. The fourth-order valence-corrected chi connectivity index (χ4v) is 2.76. The summed E-state index contributed by atoms with van der Waals surface area (Å²) >= 11 is 0. The third-order valence-corrected chi connectivity index (χ3v) is 3.94. The van der Waals surface area contributed by atoms with Crippen molar-refractivity contribution in [3.63, 3.8) is 0 Å². The first-order chi connectivity index (χ1) is 10.6. The molecule has 122 valence electrons. The molecule has 1 aromatic rings. The Balaban J connectivity index is 1.87. The monoisotopic (exact) mass is 306 g/mol. The van der Waals surface area contributed by atoms with Crippen LogP contribution in [0.15, 0.2) is 24.3 Å². The highest BCUT2D eigenvalue weighted by atomic mass is 16.5. The first kappa shape index (κ1) is 16.6. The standard InChI is InChI=1S/C17H26N2O3/c1-12(2)22-16-6-4-3-5-15(16)19-17(21)18-14-9-7-13(11-20)8-10-14/h3-6,12-14,20H,7-11H2,1-2H3,(H2,18,19,21). The predicted molar refractivity (Wildman–Crippen MR) is 87.2 cm³/mol. The maximum Gasteiger partial charge on any atom is 0.319 e. The Hall–Kier alpha value is -1.75. The molecule has 2 amide bonds. The normalized spacial score (nSPS) is 21.5. The number of aliphatic hydroxyl groups is 1. The zero-order valence-electron chi connectivity index (χ0n) is 13.3. The van der Waals surface area contributed by atoms with E-state index in [0.717, 1.165) is 25.7 Å². The summed E-state index contributed by atoms with van der Waals surface area (Å²) in [5, 5.41) is 15.0. The fourth-order valence-electron chi connectivity index (χ4n) is 2.76. The predicted octanol–water partition coefficient (Wildman–Crippen LogP) is 3.15. The number of anilines is 1. The molecule has 0 atom stereocenters. The molecule has 3 N–H and O–H groups in total. The number of hydrogen-bond donors (Lipinski definition) is 3. The second kappa shape index (κ2) is 8.03. The minimum atomic E-state index is -0.202. The highest BCUT2D eigenvalue weighted by molar-refractivity contribution is 5.91. The summed E-state index contributed by atoms with van der Waals surface area (Å²) < 4.78 is 5.69. The highest BCUT2D eigenvalue weighted by Gasteiger charge is 2.22. The SMILES string of the molecule is CC(C)Oc1ccccc1NC(=O)NC1CCC(CO)CC1. The average Bonchev–Trinajstić information content (AvgIpc) is 2.49. The number of para-hydroxylation sites is 2. The summed E-state index contributed by atoms with van der Waals surface area (Å²) in [7, 11) is 0. The van der Waals surface area contributed by atoms with Gasteiger partial charge in [0.2, 0.25) is 0 Å². The number of rotatable bonds is 5. The molecular formula is C17H26N2O3. The Morgan fingerprint density at radius 2 is 1.95 bits per heavy atom. The molecule has 0 aromatic heterocycles. The smallest absolute Gasteiger partial charge is 0.319 e. The van der Waals surface area contributed by atoms with Crippen LogP contribution in [0.4, 0.5) is 10.5 Å². The molecule has 0 saturated heterocycles. The van der Waals surface area contributed by atoms with E-state index in [1.165, 1.54) is 0 Å². The van der Waals surface area contributed by atoms with Gasteiger partial charge >= 0.3 is 6.03 Å². The van der Waals surface area contributed by atoms with Gasteiger partial charge in [-0.3, -0.25) is 0 Å². The molecule has 0 spiro atoms. The lowest BCUT2D eigenvalue weighted by molar-refractivity contribution is 0.176. The second-order valence-corrected chi connectivity index (χ2v) is 6.16. The third kappa shape index (κ3) is 4.91. The quantitative estimate of drug-likeness (QED) is 0.782. The number of ether oxygens (including phenoxy) is 1. The molecule has 0 aliphatic heterocycles. The van der Waals surface area contributed by atoms with E-state index in [4.69, 9.17) is 9.84 Å². The van der Waals surface area contributed by atoms with E-state index in [1.807, 2.05) is 38.1 Å². The van der Waals surface area contributed by atoms with Gasteiger partial charge in [-0.25, -0.2) is 4.79 Å². The van der Waals surface area contributed by atoms with Crippen LogP contribution in [-0.2, 0) is 0 Å². The van der Waals surface area contributed by atoms with E-state index >= 15 is 0 Å². The zero-order valence-corrected chi connectivity index (χ0v) is 13.3. The van der Waals surface area contributed by atoms with Gasteiger partial charge in [-0.05, 0) is 57.6 Å². The molecule has 5 nitrogen and oxygen atoms in total. The minimum absolute atomic E-state index is 0.0553. The Morgan fingerprint density at radius 3 is 2.59 bits per heavy atom. The number of nitrogens with one attached hydrogen (secondary N) is 2. The van der Waals surface area contributed by atoms with Crippen molar-refractivity contribution in [1.29, 1.82) is 0 Å². The molecule has 0 unspecified atom stereocenters. The first-order valence-electron chi connectivity index (χ1n) is 8.02. The Kier molecular flexibility index (Phi) is 6.07. The molecule has 0 heterocycles. The lowest BCUT2D eigenvalue weighted by Crippen LogP contribution is -2.40. The van der Waals surface area contributed by atoms with Crippen LogP contribution in [0.25, 0.3) is 0 Å². The van der Waals surface area contributed by atoms with E-state index < -0.39 is 0 Å². The van der Waals surface area contributed by atoms with Crippen LogP contribution in [-0.4, -0.2) is 29.9 Å². The number of carbonyl (C=O) groups is 1. The molecule has 22 heavy (non-hydrogen) atoms. The van der Waals surface area contributed by atoms with E-state index in [9.17, 15) is 4.79 Å². The maximum absolute atomic E-state index is 12.1. The van der Waals surface area contributed by atoms with E-state index in [2.05, 4.69) is 10.6 Å². The summed E-state index contributed by atoms with van der Waals surface area (Å²) in [6.07, 6.45) is 3.83. The number of aliphatic hydroxyl groups excluding tert-OH is 1. The van der Waals surface area contributed by atoms with Crippen LogP contribution in [0.1, 0.15) is 39.5 Å². The van der Waals surface area contributed by atoms with Gasteiger partial charge in [0.05, 0.1) is 11.8 Å². The van der Waals surface area contributed by atoms with Gasteiger partial charge in [-0.15, -0.1) is 0 Å². The largest absolute Gasteiger partial charge is 0.489 e.